The molecule has 0 fully saturated rings. The topological polar surface area (TPSA) is 32.3 Å². The molecule has 0 aliphatic rings. The van der Waals surface area contributed by atoms with Gasteiger partial charge in [0.15, 0.2) is 0 Å². The van der Waals surface area contributed by atoms with Crippen LogP contribution in [-0.2, 0) is 11.2 Å². The molecule has 0 aliphatic heterocycles. The number of aryl methyl sites for hydroxylation is 1. The maximum atomic E-state index is 11.7. The first-order valence-corrected chi connectivity index (χ1v) is 6.03. The number of halogens is 1. The normalized spacial score (nSPS) is 10.6. The molecule has 1 rings (SSSR count). The molecular formula is C13H19ClN2O. The smallest absolute Gasteiger partial charge is 0.224 e. The van der Waals surface area contributed by atoms with E-state index in [-0.39, 0.29) is 5.91 Å². The van der Waals surface area contributed by atoms with Gasteiger partial charge in [-0.3, -0.25) is 4.79 Å². The fourth-order valence-corrected chi connectivity index (χ4v) is 1.74. The lowest BCUT2D eigenvalue weighted by molar-refractivity contribution is -0.120. The standard InChI is InChI=1S/C13H19ClN2O/c1-10-8-12(14)5-4-11(10)9-13(17)15-6-7-16(2)3/h4-5,8H,6-7,9H2,1-3H3,(H,15,17). The Kier molecular flexibility index (Phi) is 5.45. The number of rotatable bonds is 5. The number of hydrogen-bond donors (Lipinski definition) is 1. The minimum atomic E-state index is 0.0530. The van der Waals surface area contributed by atoms with Crippen LogP contribution < -0.4 is 5.32 Å². The Balaban J connectivity index is 2.45. The van der Waals surface area contributed by atoms with E-state index < -0.39 is 0 Å². The summed E-state index contributed by atoms with van der Waals surface area (Å²) in [6.45, 7) is 3.50. The lowest BCUT2D eigenvalue weighted by Crippen LogP contribution is -2.32. The van der Waals surface area contributed by atoms with Gasteiger partial charge in [0, 0.05) is 18.1 Å². The largest absolute Gasteiger partial charge is 0.355 e. The molecule has 1 N–H and O–H groups in total. The van der Waals surface area contributed by atoms with Crippen LogP contribution in [0.1, 0.15) is 11.1 Å². The molecule has 1 aromatic carbocycles. The van der Waals surface area contributed by atoms with Gasteiger partial charge in [-0.25, -0.2) is 0 Å². The predicted molar refractivity (Wildman–Crippen MR) is 71.5 cm³/mol. The van der Waals surface area contributed by atoms with Gasteiger partial charge in [-0.05, 0) is 44.3 Å². The van der Waals surface area contributed by atoms with E-state index in [1.807, 2.05) is 44.1 Å². The summed E-state index contributed by atoms with van der Waals surface area (Å²) in [5.41, 5.74) is 2.08. The van der Waals surface area contributed by atoms with Crippen molar-refractivity contribution >= 4 is 17.5 Å². The average Bonchev–Trinajstić information content (AvgIpc) is 2.21. The molecule has 94 valence electrons. The third-order valence-electron chi connectivity index (χ3n) is 2.54. The second-order valence-corrected chi connectivity index (χ2v) is 4.84. The van der Waals surface area contributed by atoms with E-state index in [0.29, 0.717) is 18.0 Å². The van der Waals surface area contributed by atoms with Crippen molar-refractivity contribution in [3.05, 3.63) is 34.3 Å². The van der Waals surface area contributed by atoms with E-state index in [2.05, 4.69) is 5.32 Å². The Hall–Kier alpha value is -1.06. The van der Waals surface area contributed by atoms with Gasteiger partial charge in [0.2, 0.25) is 5.91 Å². The van der Waals surface area contributed by atoms with Gasteiger partial charge in [-0.15, -0.1) is 0 Å². The van der Waals surface area contributed by atoms with E-state index in [1.165, 1.54) is 0 Å². The predicted octanol–water partition coefficient (Wildman–Crippen LogP) is 1.87. The van der Waals surface area contributed by atoms with Gasteiger partial charge in [0.1, 0.15) is 0 Å². The molecule has 0 unspecified atom stereocenters. The molecule has 0 spiro atoms. The van der Waals surface area contributed by atoms with E-state index in [1.54, 1.807) is 0 Å². The van der Waals surface area contributed by atoms with Crippen molar-refractivity contribution in [1.82, 2.24) is 10.2 Å². The molecule has 0 radical (unpaired) electrons. The summed E-state index contributed by atoms with van der Waals surface area (Å²) in [7, 11) is 3.96. The number of carbonyl (C=O) groups is 1. The minimum Gasteiger partial charge on any atom is -0.355 e. The first-order valence-electron chi connectivity index (χ1n) is 5.65. The fraction of sp³-hybridized carbons (Fsp3) is 0.462. The summed E-state index contributed by atoms with van der Waals surface area (Å²) in [5, 5.41) is 3.60. The molecule has 3 nitrogen and oxygen atoms in total. The second kappa shape index (κ2) is 6.62. The highest BCUT2D eigenvalue weighted by molar-refractivity contribution is 6.30. The number of amides is 1. The van der Waals surface area contributed by atoms with Crippen molar-refractivity contribution in [2.45, 2.75) is 13.3 Å². The molecule has 4 heteroatoms. The fourth-order valence-electron chi connectivity index (χ4n) is 1.51. The number of nitrogens with zero attached hydrogens (tertiary/aromatic N) is 1. The zero-order chi connectivity index (χ0) is 12.8. The van der Waals surface area contributed by atoms with Crippen LogP contribution in [0, 0.1) is 6.92 Å². The maximum Gasteiger partial charge on any atom is 0.224 e. The molecular weight excluding hydrogens is 236 g/mol. The SMILES string of the molecule is Cc1cc(Cl)ccc1CC(=O)NCCN(C)C. The monoisotopic (exact) mass is 254 g/mol. The van der Waals surface area contributed by atoms with E-state index >= 15 is 0 Å². The second-order valence-electron chi connectivity index (χ2n) is 4.40. The van der Waals surface area contributed by atoms with Crippen LogP contribution in [0.15, 0.2) is 18.2 Å². The van der Waals surface area contributed by atoms with Crippen molar-refractivity contribution < 1.29 is 4.79 Å². The third-order valence-corrected chi connectivity index (χ3v) is 2.77. The van der Waals surface area contributed by atoms with Gasteiger partial charge >= 0.3 is 0 Å². The highest BCUT2D eigenvalue weighted by Gasteiger charge is 2.05. The maximum absolute atomic E-state index is 11.7. The van der Waals surface area contributed by atoms with Crippen LogP contribution in [0.25, 0.3) is 0 Å². The molecule has 0 saturated carbocycles. The lowest BCUT2D eigenvalue weighted by Gasteiger charge is -2.11. The third kappa shape index (κ3) is 5.20. The molecule has 1 amide bonds. The molecule has 0 atom stereocenters. The Morgan fingerprint density at radius 2 is 2.12 bits per heavy atom. The van der Waals surface area contributed by atoms with Crippen LogP contribution >= 0.6 is 11.6 Å². The molecule has 0 bridgehead atoms. The van der Waals surface area contributed by atoms with Crippen molar-refractivity contribution in [3.63, 3.8) is 0 Å². The van der Waals surface area contributed by atoms with Crippen LogP contribution in [0.3, 0.4) is 0 Å². The summed E-state index contributed by atoms with van der Waals surface area (Å²) in [6.07, 6.45) is 0.413. The van der Waals surface area contributed by atoms with Gasteiger partial charge in [0.25, 0.3) is 0 Å². The number of likely N-dealkylation sites (N-methyl/N-ethyl adjacent to an activating group) is 1. The van der Waals surface area contributed by atoms with Gasteiger partial charge in [-0.1, -0.05) is 17.7 Å². The molecule has 1 aromatic rings. The summed E-state index contributed by atoms with van der Waals surface area (Å²) in [5.74, 6) is 0.0530. The summed E-state index contributed by atoms with van der Waals surface area (Å²) in [6, 6.07) is 5.60. The molecule has 0 heterocycles. The highest BCUT2D eigenvalue weighted by atomic mass is 35.5. The first-order chi connectivity index (χ1) is 7.99. The minimum absolute atomic E-state index is 0.0530. The lowest BCUT2D eigenvalue weighted by atomic mass is 10.1. The zero-order valence-corrected chi connectivity index (χ0v) is 11.3. The number of nitrogens with one attached hydrogen (secondary N) is 1. The Morgan fingerprint density at radius 1 is 1.41 bits per heavy atom. The average molecular weight is 255 g/mol. The summed E-state index contributed by atoms with van der Waals surface area (Å²) in [4.78, 5) is 13.7. The molecule has 0 saturated heterocycles. The Bertz CT molecular complexity index is 391. The summed E-state index contributed by atoms with van der Waals surface area (Å²) < 4.78 is 0. The molecule has 17 heavy (non-hydrogen) atoms. The molecule has 0 aromatic heterocycles. The highest BCUT2D eigenvalue weighted by Crippen LogP contribution is 2.15. The van der Waals surface area contributed by atoms with Crippen molar-refractivity contribution in [1.29, 1.82) is 0 Å². The van der Waals surface area contributed by atoms with Crippen molar-refractivity contribution in [3.8, 4) is 0 Å². The molecule has 0 aliphatic carbocycles. The first kappa shape index (κ1) is 14.0. The Morgan fingerprint density at radius 3 is 2.71 bits per heavy atom. The van der Waals surface area contributed by atoms with Crippen molar-refractivity contribution in [2.75, 3.05) is 27.2 Å². The van der Waals surface area contributed by atoms with Gasteiger partial charge in [0.05, 0.1) is 6.42 Å². The van der Waals surface area contributed by atoms with E-state index in [0.717, 1.165) is 17.7 Å². The number of benzene rings is 1. The number of hydrogen-bond acceptors (Lipinski definition) is 2. The van der Waals surface area contributed by atoms with Crippen LogP contribution in [0.4, 0.5) is 0 Å². The van der Waals surface area contributed by atoms with Crippen LogP contribution in [-0.4, -0.2) is 38.0 Å². The van der Waals surface area contributed by atoms with Crippen LogP contribution in [0.2, 0.25) is 5.02 Å². The zero-order valence-electron chi connectivity index (χ0n) is 10.6. The number of carbonyl (C=O) groups excluding carboxylic acids is 1. The van der Waals surface area contributed by atoms with Crippen LogP contribution in [0.5, 0.6) is 0 Å². The van der Waals surface area contributed by atoms with E-state index in [9.17, 15) is 4.79 Å². The quantitative estimate of drug-likeness (QED) is 0.870. The van der Waals surface area contributed by atoms with Crippen molar-refractivity contribution in [2.24, 2.45) is 0 Å². The Labute approximate surface area is 108 Å². The van der Waals surface area contributed by atoms with E-state index in [4.69, 9.17) is 11.6 Å². The van der Waals surface area contributed by atoms with Gasteiger partial charge in [-0.2, -0.15) is 0 Å². The summed E-state index contributed by atoms with van der Waals surface area (Å²) >= 11 is 5.87. The van der Waals surface area contributed by atoms with Gasteiger partial charge < -0.3 is 10.2 Å².